The summed E-state index contributed by atoms with van der Waals surface area (Å²) in [7, 11) is 0. The second kappa shape index (κ2) is 4.66. The van der Waals surface area contributed by atoms with Crippen LogP contribution in [0.4, 0.5) is 5.69 Å². The van der Waals surface area contributed by atoms with Gasteiger partial charge < -0.3 is 10.2 Å². The number of nitrogens with one attached hydrogen (secondary N) is 1. The minimum atomic E-state index is 0.104. The summed E-state index contributed by atoms with van der Waals surface area (Å²) in [5.74, 6) is 0.104. The van der Waals surface area contributed by atoms with Gasteiger partial charge in [-0.05, 0) is 24.6 Å². The fourth-order valence-corrected chi connectivity index (χ4v) is 2.09. The van der Waals surface area contributed by atoms with E-state index in [0.29, 0.717) is 6.54 Å². The van der Waals surface area contributed by atoms with E-state index >= 15 is 0 Å². The van der Waals surface area contributed by atoms with Crippen molar-refractivity contribution in [1.29, 1.82) is 0 Å². The van der Waals surface area contributed by atoms with Crippen LogP contribution in [-0.4, -0.2) is 25.5 Å². The van der Waals surface area contributed by atoms with Crippen LogP contribution in [0.3, 0.4) is 0 Å². The van der Waals surface area contributed by atoms with Crippen molar-refractivity contribution in [2.75, 3.05) is 24.5 Å². The van der Waals surface area contributed by atoms with Crippen molar-refractivity contribution >= 4 is 27.5 Å². The fourth-order valence-electron chi connectivity index (χ4n) is 1.70. The molecular weight excluding hydrogens is 256 g/mol. The fraction of sp³-hybridized carbons (Fsp3) is 0.364. The Balaban J connectivity index is 2.18. The topological polar surface area (TPSA) is 32.3 Å². The highest BCUT2D eigenvalue weighted by Crippen LogP contribution is 2.20. The lowest BCUT2D eigenvalue weighted by Crippen LogP contribution is -2.32. The molecule has 0 radical (unpaired) electrons. The van der Waals surface area contributed by atoms with Crippen LogP contribution in [0, 0.1) is 0 Å². The lowest BCUT2D eigenvalue weighted by atomic mass is 10.2. The Morgan fingerprint density at radius 2 is 2.27 bits per heavy atom. The molecule has 0 saturated carbocycles. The summed E-state index contributed by atoms with van der Waals surface area (Å²) in [6, 6.07) is 8.05. The lowest BCUT2D eigenvalue weighted by Gasteiger charge is -2.21. The van der Waals surface area contributed by atoms with Crippen molar-refractivity contribution in [3.8, 4) is 0 Å². The molecule has 1 aliphatic rings. The minimum Gasteiger partial charge on any atom is -0.362 e. The molecule has 1 amide bonds. The quantitative estimate of drug-likeness (QED) is 0.842. The van der Waals surface area contributed by atoms with Gasteiger partial charge in [0, 0.05) is 23.2 Å². The number of benzene rings is 1. The number of anilines is 1. The molecule has 15 heavy (non-hydrogen) atoms. The van der Waals surface area contributed by atoms with Gasteiger partial charge in [-0.15, -0.1) is 0 Å². The van der Waals surface area contributed by atoms with Crippen molar-refractivity contribution in [1.82, 2.24) is 5.32 Å². The van der Waals surface area contributed by atoms with Crippen LogP contribution >= 0.6 is 15.9 Å². The summed E-state index contributed by atoms with van der Waals surface area (Å²) in [5.41, 5.74) is 1.10. The molecule has 4 heteroatoms. The van der Waals surface area contributed by atoms with E-state index in [0.717, 1.165) is 29.7 Å². The van der Waals surface area contributed by atoms with Gasteiger partial charge in [-0.25, -0.2) is 0 Å². The highest BCUT2D eigenvalue weighted by molar-refractivity contribution is 9.10. The van der Waals surface area contributed by atoms with E-state index in [1.165, 1.54) is 0 Å². The third-order valence-corrected chi connectivity index (χ3v) is 2.93. The predicted molar refractivity (Wildman–Crippen MR) is 64.0 cm³/mol. The number of nitrogens with zero attached hydrogens (tertiary/aromatic N) is 1. The summed E-state index contributed by atoms with van der Waals surface area (Å²) in [6.07, 6.45) is 0.998. The number of hydrogen-bond acceptors (Lipinski definition) is 2. The maximum absolute atomic E-state index is 11.4. The van der Waals surface area contributed by atoms with Gasteiger partial charge in [0.1, 0.15) is 0 Å². The molecule has 2 rings (SSSR count). The molecule has 0 unspecified atom stereocenters. The van der Waals surface area contributed by atoms with Gasteiger partial charge in [0.25, 0.3) is 0 Å². The Morgan fingerprint density at radius 3 is 3.07 bits per heavy atom. The van der Waals surface area contributed by atoms with Crippen LogP contribution in [0.15, 0.2) is 28.7 Å². The van der Waals surface area contributed by atoms with Crippen molar-refractivity contribution in [2.45, 2.75) is 6.42 Å². The molecule has 80 valence electrons. The first-order chi connectivity index (χ1) is 7.25. The molecule has 1 aliphatic heterocycles. The standard InChI is InChI=1S/C11H13BrN2O/c12-9-3-1-4-10(7-9)14-6-2-5-13-11(15)8-14/h1,3-4,7H,2,5-6,8H2,(H,13,15). The van der Waals surface area contributed by atoms with Crippen molar-refractivity contribution in [3.05, 3.63) is 28.7 Å². The maximum atomic E-state index is 11.4. The van der Waals surface area contributed by atoms with Crippen LogP contribution in [-0.2, 0) is 4.79 Å². The number of carbonyl (C=O) groups excluding carboxylic acids is 1. The Hall–Kier alpha value is -1.03. The van der Waals surface area contributed by atoms with Crippen molar-refractivity contribution in [2.24, 2.45) is 0 Å². The molecular formula is C11H13BrN2O. The zero-order valence-electron chi connectivity index (χ0n) is 8.37. The van der Waals surface area contributed by atoms with Crippen LogP contribution in [0.25, 0.3) is 0 Å². The van der Waals surface area contributed by atoms with E-state index in [4.69, 9.17) is 0 Å². The first-order valence-electron chi connectivity index (χ1n) is 5.03. The molecule has 3 nitrogen and oxygen atoms in total. The van der Waals surface area contributed by atoms with Gasteiger partial charge in [0.05, 0.1) is 6.54 Å². The minimum absolute atomic E-state index is 0.104. The summed E-state index contributed by atoms with van der Waals surface area (Å²) in [5, 5.41) is 2.87. The van der Waals surface area contributed by atoms with E-state index in [1.807, 2.05) is 24.3 Å². The highest BCUT2D eigenvalue weighted by atomic mass is 79.9. The SMILES string of the molecule is O=C1CN(c2cccc(Br)c2)CCCN1. The molecule has 1 aromatic rings. The van der Waals surface area contributed by atoms with Gasteiger partial charge in [-0.3, -0.25) is 4.79 Å². The van der Waals surface area contributed by atoms with E-state index < -0.39 is 0 Å². The van der Waals surface area contributed by atoms with E-state index in [9.17, 15) is 4.79 Å². The molecule has 1 heterocycles. The molecule has 1 aromatic carbocycles. The van der Waals surface area contributed by atoms with Gasteiger partial charge in [-0.2, -0.15) is 0 Å². The van der Waals surface area contributed by atoms with Crippen molar-refractivity contribution in [3.63, 3.8) is 0 Å². The first kappa shape index (κ1) is 10.5. The Kier molecular flexibility index (Phi) is 3.26. The molecule has 0 bridgehead atoms. The van der Waals surface area contributed by atoms with Gasteiger partial charge >= 0.3 is 0 Å². The average Bonchev–Trinajstić information content (AvgIpc) is 2.43. The van der Waals surface area contributed by atoms with Gasteiger partial charge in [0.15, 0.2) is 0 Å². The Labute approximate surface area is 97.6 Å². The van der Waals surface area contributed by atoms with Crippen molar-refractivity contribution < 1.29 is 4.79 Å². The van der Waals surface area contributed by atoms with E-state index in [1.54, 1.807) is 0 Å². The molecule has 0 spiro atoms. The zero-order valence-corrected chi connectivity index (χ0v) is 9.96. The van der Waals surface area contributed by atoms with Crippen LogP contribution in [0.2, 0.25) is 0 Å². The lowest BCUT2D eigenvalue weighted by molar-refractivity contribution is -0.119. The monoisotopic (exact) mass is 268 g/mol. The number of halogens is 1. The highest BCUT2D eigenvalue weighted by Gasteiger charge is 2.14. The number of rotatable bonds is 1. The zero-order chi connectivity index (χ0) is 10.7. The first-order valence-corrected chi connectivity index (χ1v) is 5.82. The summed E-state index contributed by atoms with van der Waals surface area (Å²) in [4.78, 5) is 13.5. The third-order valence-electron chi connectivity index (χ3n) is 2.43. The molecule has 1 N–H and O–H groups in total. The maximum Gasteiger partial charge on any atom is 0.239 e. The van der Waals surface area contributed by atoms with E-state index in [2.05, 4.69) is 26.1 Å². The predicted octanol–water partition coefficient (Wildman–Crippen LogP) is 1.78. The van der Waals surface area contributed by atoms with Gasteiger partial charge in [-0.1, -0.05) is 22.0 Å². The Morgan fingerprint density at radius 1 is 1.40 bits per heavy atom. The van der Waals surface area contributed by atoms with E-state index in [-0.39, 0.29) is 5.91 Å². The summed E-state index contributed by atoms with van der Waals surface area (Å²) in [6.45, 7) is 2.16. The normalized spacial score (nSPS) is 17.1. The second-order valence-corrected chi connectivity index (χ2v) is 4.52. The summed E-state index contributed by atoms with van der Waals surface area (Å²) >= 11 is 3.44. The van der Waals surface area contributed by atoms with Gasteiger partial charge in [0.2, 0.25) is 5.91 Å². The molecule has 1 saturated heterocycles. The molecule has 0 atom stereocenters. The smallest absolute Gasteiger partial charge is 0.239 e. The second-order valence-electron chi connectivity index (χ2n) is 3.60. The largest absolute Gasteiger partial charge is 0.362 e. The number of carbonyl (C=O) groups is 1. The Bertz CT molecular complexity index is 367. The van der Waals surface area contributed by atoms with Crippen LogP contribution < -0.4 is 10.2 Å². The number of hydrogen-bond donors (Lipinski definition) is 1. The molecule has 0 aromatic heterocycles. The van der Waals surface area contributed by atoms with Crippen LogP contribution in [0.1, 0.15) is 6.42 Å². The van der Waals surface area contributed by atoms with Crippen LogP contribution in [0.5, 0.6) is 0 Å². The molecule has 0 aliphatic carbocycles. The molecule has 1 fully saturated rings. The third kappa shape index (κ3) is 2.72. The average molecular weight is 269 g/mol. The number of amides is 1. The summed E-state index contributed by atoms with van der Waals surface area (Å²) < 4.78 is 1.05.